The van der Waals surface area contributed by atoms with Crippen molar-refractivity contribution in [1.82, 2.24) is 9.55 Å². The summed E-state index contributed by atoms with van der Waals surface area (Å²) in [5.74, 6) is 0.768. The number of nitrogens with zero attached hydrogens (tertiary/aromatic N) is 3. The van der Waals surface area contributed by atoms with Crippen molar-refractivity contribution in [3.05, 3.63) is 42.5 Å². The van der Waals surface area contributed by atoms with Gasteiger partial charge in [-0.15, -0.1) is 0 Å². The molecule has 3 aromatic rings. The maximum absolute atomic E-state index is 13.2. The fourth-order valence-corrected chi connectivity index (χ4v) is 4.20. The Hall–Kier alpha value is -3.59. The monoisotopic (exact) mass is 466 g/mol. The van der Waals surface area contributed by atoms with Crippen LogP contribution in [0.4, 0.5) is 11.6 Å². The highest BCUT2D eigenvalue weighted by Gasteiger charge is 2.36. The van der Waals surface area contributed by atoms with Gasteiger partial charge in [0.1, 0.15) is 0 Å². The zero-order chi connectivity index (χ0) is 24.1. The summed E-state index contributed by atoms with van der Waals surface area (Å²) in [6.07, 6.45) is 0.927. The molecular formula is C25H30N4O5. The van der Waals surface area contributed by atoms with E-state index in [2.05, 4.69) is 10.3 Å². The summed E-state index contributed by atoms with van der Waals surface area (Å²) in [6, 6.07) is 13.1. The highest BCUT2D eigenvalue weighted by Crippen LogP contribution is 2.34. The minimum Gasteiger partial charge on any atom is -0.493 e. The summed E-state index contributed by atoms with van der Waals surface area (Å²) in [7, 11) is 3.10. The number of fused-ring (bicyclic) bond motifs is 1. The zero-order valence-corrected chi connectivity index (χ0v) is 19.7. The van der Waals surface area contributed by atoms with Crippen LogP contribution in [-0.2, 0) is 20.9 Å². The molecule has 1 aliphatic rings. The first kappa shape index (κ1) is 23.6. The van der Waals surface area contributed by atoms with Gasteiger partial charge in [-0.3, -0.25) is 14.9 Å². The molecule has 4 rings (SSSR count). The van der Waals surface area contributed by atoms with Gasteiger partial charge in [-0.2, -0.15) is 0 Å². The largest absolute Gasteiger partial charge is 0.493 e. The molecule has 9 heteroatoms. The lowest BCUT2D eigenvalue weighted by Gasteiger charge is -2.18. The van der Waals surface area contributed by atoms with Gasteiger partial charge in [0.15, 0.2) is 11.5 Å². The summed E-state index contributed by atoms with van der Waals surface area (Å²) in [5, 5.41) is 2.96. The Morgan fingerprint density at radius 2 is 1.94 bits per heavy atom. The lowest BCUT2D eigenvalue weighted by Crippen LogP contribution is -2.29. The van der Waals surface area contributed by atoms with Crippen molar-refractivity contribution in [2.75, 3.05) is 44.2 Å². The first-order valence-corrected chi connectivity index (χ1v) is 11.4. The quantitative estimate of drug-likeness (QED) is 0.460. The molecule has 2 heterocycles. The van der Waals surface area contributed by atoms with Crippen molar-refractivity contribution in [3.8, 4) is 11.5 Å². The fraction of sp³-hybridized carbons (Fsp3) is 0.400. The molecule has 2 aromatic carbocycles. The fourth-order valence-electron chi connectivity index (χ4n) is 4.20. The van der Waals surface area contributed by atoms with Crippen molar-refractivity contribution < 1.29 is 23.8 Å². The molecule has 1 N–H and O–H groups in total. The Balaban J connectivity index is 1.50. The molecular weight excluding hydrogens is 436 g/mol. The molecule has 1 aliphatic heterocycles. The second kappa shape index (κ2) is 10.6. The molecule has 1 aromatic heterocycles. The van der Waals surface area contributed by atoms with Gasteiger partial charge >= 0.3 is 0 Å². The number of hydrogen-bond acceptors (Lipinski definition) is 6. The van der Waals surface area contributed by atoms with E-state index in [1.54, 1.807) is 37.3 Å². The van der Waals surface area contributed by atoms with Gasteiger partial charge in [-0.05, 0) is 37.6 Å². The second-order valence-corrected chi connectivity index (χ2v) is 8.06. The lowest BCUT2D eigenvalue weighted by atomic mass is 10.1. The predicted octanol–water partition coefficient (Wildman–Crippen LogP) is 3.47. The lowest BCUT2D eigenvalue weighted by molar-refractivity contribution is -0.122. The number of carbonyl (C=O) groups excluding carboxylic acids is 2. The maximum atomic E-state index is 13.2. The van der Waals surface area contributed by atoms with Gasteiger partial charge in [-0.1, -0.05) is 12.1 Å². The Morgan fingerprint density at radius 1 is 1.15 bits per heavy atom. The SMILES string of the molecule is CCOCCCn1c(NC(=O)C2CC(=O)N(c3ccc(OC)c(OC)c3)C2)nc2ccccc21. The average Bonchev–Trinajstić information content (AvgIpc) is 3.41. The summed E-state index contributed by atoms with van der Waals surface area (Å²) in [6.45, 7) is 4.21. The predicted molar refractivity (Wildman–Crippen MR) is 129 cm³/mol. The van der Waals surface area contributed by atoms with Crippen LogP contribution in [0.1, 0.15) is 19.8 Å². The van der Waals surface area contributed by atoms with Gasteiger partial charge in [0.25, 0.3) is 0 Å². The van der Waals surface area contributed by atoms with Crippen LogP contribution < -0.4 is 19.7 Å². The molecule has 1 unspecified atom stereocenters. The van der Waals surface area contributed by atoms with E-state index in [0.717, 1.165) is 17.5 Å². The molecule has 0 aliphatic carbocycles. The number of nitrogens with one attached hydrogen (secondary N) is 1. The van der Waals surface area contributed by atoms with Gasteiger partial charge in [-0.25, -0.2) is 4.98 Å². The van der Waals surface area contributed by atoms with Crippen LogP contribution in [0.3, 0.4) is 0 Å². The van der Waals surface area contributed by atoms with Gasteiger partial charge in [0.2, 0.25) is 17.8 Å². The van der Waals surface area contributed by atoms with Crippen LogP contribution >= 0.6 is 0 Å². The van der Waals surface area contributed by atoms with E-state index in [-0.39, 0.29) is 24.8 Å². The highest BCUT2D eigenvalue weighted by atomic mass is 16.5. The third-order valence-electron chi connectivity index (χ3n) is 5.94. The number of aromatic nitrogens is 2. The maximum Gasteiger partial charge on any atom is 0.232 e. The third-order valence-corrected chi connectivity index (χ3v) is 5.94. The number of benzene rings is 2. The molecule has 1 atom stereocenters. The molecule has 0 radical (unpaired) electrons. The van der Waals surface area contributed by atoms with Crippen LogP contribution in [0.5, 0.6) is 11.5 Å². The number of methoxy groups -OCH3 is 2. The van der Waals surface area contributed by atoms with Crippen LogP contribution in [0.2, 0.25) is 0 Å². The van der Waals surface area contributed by atoms with Crippen LogP contribution in [0.15, 0.2) is 42.5 Å². The summed E-state index contributed by atoms with van der Waals surface area (Å²) < 4.78 is 18.1. The number of hydrogen-bond donors (Lipinski definition) is 1. The van der Waals surface area contributed by atoms with Gasteiger partial charge < -0.3 is 23.7 Å². The third kappa shape index (κ3) is 4.84. The van der Waals surface area contributed by atoms with E-state index in [1.807, 2.05) is 35.8 Å². The Bertz CT molecular complexity index is 1180. The van der Waals surface area contributed by atoms with E-state index in [1.165, 1.54) is 0 Å². The number of ether oxygens (including phenoxy) is 3. The van der Waals surface area contributed by atoms with E-state index in [9.17, 15) is 9.59 Å². The van der Waals surface area contributed by atoms with Crippen molar-refractivity contribution in [1.29, 1.82) is 0 Å². The van der Waals surface area contributed by atoms with Crippen molar-refractivity contribution >= 4 is 34.5 Å². The minimum atomic E-state index is -0.489. The van der Waals surface area contributed by atoms with Crippen LogP contribution in [0, 0.1) is 5.92 Å². The molecule has 180 valence electrons. The first-order chi connectivity index (χ1) is 16.5. The molecule has 1 saturated heterocycles. The number of para-hydroxylation sites is 2. The summed E-state index contributed by atoms with van der Waals surface area (Å²) in [4.78, 5) is 32.1. The Kier molecular flexibility index (Phi) is 7.32. The number of imidazole rings is 1. The normalized spacial score (nSPS) is 15.7. The smallest absolute Gasteiger partial charge is 0.232 e. The zero-order valence-electron chi connectivity index (χ0n) is 19.7. The van der Waals surface area contributed by atoms with Crippen molar-refractivity contribution in [2.24, 2.45) is 5.92 Å². The molecule has 0 spiro atoms. The van der Waals surface area contributed by atoms with E-state index in [4.69, 9.17) is 14.2 Å². The standard InChI is InChI=1S/C25H30N4O5/c1-4-34-13-7-12-28-20-9-6-5-8-19(20)26-25(28)27-24(31)17-14-23(30)29(16-17)18-10-11-21(32-2)22(15-18)33-3/h5-6,8-11,15,17H,4,7,12-14,16H2,1-3H3,(H,26,27,31). The molecule has 2 amide bonds. The first-order valence-electron chi connectivity index (χ1n) is 11.4. The number of rotatable bonds is 10. The average molecular weight is 467 g/mol. The summed E-state index contributed by atoms with van der Waals surface area (Å²) >= 11 is 0. The number of anilines is 2. The number of aryl methyl sites for hydroxylation is 1. The van der Waals surface area contributed by atoms with Crippen LogP contribution in [-0.4, -0.2) is 55.3 Å². The van der Waals surface area contributed by atoms with Crippen molar-refractivity contribution in [2.45, 2.75) is 26.3 Å². The number of carbonyl (C=O) groups is 2. The molecule has 34 heavy (non-hydrogen) atoms. The second-order valence-electron chi connectivity index (χ2n) is 8.06. The Morgan fingerprint density at radius 3 is 2.71 bits per heavy atom. The van der Waals surface area contributed by atoms with E-state index in [0.29, 0.717) is 42.9 Å². The Labute approximate surface area is 198 Å². The van der Waals surface area contributed by atoms with E-state index < -0.39 is 5.92 Å². The van der Waals surface area contributed by atoms with Crippen molar-refractivity contribution in [3.63, 3.8) is 0 Å². The van der Waals surface area contributed by atoms with Gasteiger partial charge in [0.05, 0.1) is 31.2 Å². The molecule has 0 saturated carbocycles. The van der Waals surface area contributed by atoms with Crippen LogP contribution in [0.25, 0.3) is 11.0 Å². The number of amides is 2. The molecule has 0 bridgehead atoms. The summed E-state index contributed by atoms with van der Waals surface area (Å²) in [5.41, 5.74) is 2.42. The minimum absolute atomic E-state index is 0.113. The van der Waals surface area contributed by atoms with Gasteiger partial charge in [0, 0.05) is 44.5 Å². The van der Waals surface area contributed by atoms with E-state index >= 15 is 0 Å². The molecule has 9 nitrogen and oxygen atoms in total. The molecule has 1 fully saturated rings. The highest BCUT2D eigenvalue weighted by molar-refractivity contribution is 6.03. The topological polar surface area (TPSA) is 94.9 Å².